The molecule has 2 saturated heterocycles. The number of benzene rings is 1. The van der Waals surface area contributed by atoms with Crippen molar-refractivity contribution >= 4 is 12.0 Å². The minimum atomic E-state index is -0.761. The normalized spacial score (nSPS) is 27.0. The molecule has 3 aliphatic rings. The molecule has 3 heterocycles. The quantitative estimate of drug-likeness (QED) is 0.741. The van der Waals surface area contributed by atoms with Crippen LogP contribution in [0.3, 0.4) is 0 Å². The number of hydrogen-bond acceptors (Lipinski definition) is 5. The van der Waals surface area contributed by atoms with Crippen molar-refractivity contribution < 1.29 is 19.7 Å². The van der Waals surface area contributed by atoms with Gasteiger partial charge in [-0.15, -0.1) is 0 Å². The van der Waals surface area contributed by atoms with Crippen LogP contribution in [0.2, 0.25) is 0 Å². The van der Waals surface area contributed by atoms with Crippen LogP contribution in [0.5, 0.6) is 11.5 Å². The number of nitrogens with zero attached hydrogens (tertiary/aromatic N) is 2. The van der Waals surface area contributed by atoms with Crippen molar-refractivity contribution in [3.63, 3.8) is 0 Å². The highest BCUT2D eigenvalue weighted by Crippen LogP contribution is 2.48. The Labute approximate surface area is 179 Å². The van der Waals surface area contributed by atoms with Crippen LogP contribution in [-0.4, -0.2) is 63.8 Å². The number of phenols is 1. The molecule has 0 radical (unpaired) electrons. The number of aliphatic hydroxyl groups is 1. The molecule has 2 atom stereocenters. The third-order valence-corrected chi connectivity index (χ3v) is 6.75. The second kappa shape index (κ2) is 8.60. The van der Waals surface area contributed by atoms with Crippen molar-refractivity contribution in [2.75, 3.05) is 26.2 Å². The fraction of sp³-hybridized carbons (Fsp3) is 0.625. The maximum atomic E-state index is 12.5. The average molecular weight is 415 g/mol. The van der Waals surface area contributed by atoms with Crippen LogP contribution >= 0.6 is 0 Å². The topological polar surface area (TPSA) is 73.2 Å². The summed E-state index contributed by atoms with van der Waals surface area (Å²) in [5.41, 5.74) is 0.469. The van der Waals surface area contributed by atoms with E-state index in [1.807, 2.05) is 24.8 Å². The molecule has 4 rings (SSSR count). The third kappa shape index (κ3) is 4.08. The maximum Gasteiger partial charge on any atom is 0.246 e. The zero-order chi connectivity index (χ0) is 21.3. The molecule has 164 valence electrons. The molecule has 0 aliphatic carbocycles. The second-order valence-electron chi connectivity index (χ2n) is 9.33. The largest absolute Gasteiger partial charge is 0.507 e. The summed E-state index contributed by atoms with van der Waals surface area (Å²) in [6.45, 7) is 7.16. The molecule has 0 aromatic heterocycles. The Morgan fingerprint density at radius 2 is 1.70 bits per heavy atom. The number of phenolic OH excluding ortho intramolecular Hbond substituents is 1. The summed E-state index contributed by atoms with van der Waals surface area (Å²) in [7, 11) is 0. The van der Waals surface area contributed by atoms with Crippen LogP contribution in [0.4, 0.5) is 0 Å². The van der Waals surface area contributed by atoms with E-state index in [4.69, 9.17) is 4.74 Å². The molecule has 2 N–H and O–H groups in total. The molecule has 0 spiro atoms. The Bertz CT molecular complexity index is 808. The van der Waals surface area contributed by atoms with Crippen molar-refractivity contribution in [3.8, 4) is 11.5 Å². The zero-order valence-corrected chi connectivity index (χ0v) is 18.1. The van der Waals surface area contributed by atoms with E-state index in [2.05, 4.69) is 4.90 Å². The van der Waals surface area contributed by atoms with Gasteiger partial charge in [-0.1, -0.05) is 6.42 Å². The van der Waals surface area contributed by atoms with Gasteiger partial charge in [0.05, 0.1) is 11.6 Å². The Morgan fingerprint density at radius 1 is 1.07 bits per heavy atom. The monoisotopic (exact) mass is 414 g/mol. The first-order valence-corrected chi connectivity index (χ1v) is 11.3. The summed E-state index contributed by atoms with van der Waals surface area (Å²) >= 11 is 0. The Balaban J connectivity index is 1.65. The summed E-state index contributed by atoms with van der Waals surface area (Å²) in [4.78, 5) is 16.6. The summed E-state index contributed by atoms with van der Waals surface area (Å²) in [6.07, 6.45) is 9.12. The van der Waals surface area contributed by atoms with E-state index in [1.54, 1.807) is 18.2 Å². The van der Waals surface area contributed by atoms with Crippen LogP contribution in [-0.2, 0) is 4.79 Å². The Hall–Kier alpha value is -2.05. The highest BCUT2D eigenvalue weighted by atomic mass is 16.5. The van der Waals surface area contributed by atoms with Gasteiger partial charge >= 0.3 is 0 Å². The lowest BCUT2D eigenvalue weighted by Crippen LogP contribution is -2.54. The second-order valence-corrected chi connectivity index (χ2v) is 9.33. The highest BCUT2D eigenvalue weighted by molar-refractivity contribution is 5.92. The molecule has 30 heavy (non-hydrogen) atoms. The number of amides is 1. The smallest absolute Gasteiger partial charge is 0.246 e. The van der Waals surface area contributed by atoms with Crippen molar-refractivity contribution in [2.45, 2.75) is 70.1 Å². The van der Waals surface area contributed by atoms with Crippen molar-refractivity contribution in [2.24, 2.45) is 0 Å². The fourth-order valence-electron chi connectivity index (χ4n) is 4.96. The predicted molar refractivity (Wildman–Crippen MR) is 116 cm³/mol. The average Bonchev–Trinajstić information content (AvgIpc) is 2.75. The van der Waals surface area contributed by atoms with Crippen LogP contribution < -0.4 is 4.74 Å². The number of aliphatic hydroxyl groups excluding tert-OH is 1. The van der Waals surface area contributed by atoms with Gasteiger partial charge in [-0.05, 0) is 77.2 Å². The number of hydrogen-bond donors (Lipinski definition) is 2. The first kappa shape index (κ1) is 21.2. The van der Waals surface area contributed by atoms with E-state index in [-0.39, 0.29) is 17.7 Å². The van der Waals surface area contributed by atoms with Crippen LogP contribution in [0.1, 0.15) is 69.5 Å². The Kier molecular flexibility index (Phi) is 6.07. The van der Waals surface area contributed by atoms with Gasteiger partial charge in [0.2, 0.25) is 5.91 Å². The number of rotatable bonds is 3. The molecular weight excluding hydrogens is 380 g/mol. The van der Waals surface area contributed by atoms with E-state index in [0.29, 0.717) is 16.9 Å². The highest BCUT2D eigenvalue weighted by Gasteiger charge is 2.47. The first-order valence-electron chi connectivity index (χ1n) is 11.3. The van der Waals surface area contributed by atoms with Gasteiger partial charge in [-0.25, -0.2) is 0 Å². The van der Waals surface area contributed by atoms with Crippen LogP contribution in [0.15, 0.2) is 18.2 Å². The standard InChI is InChI=1S/C24H34N2O4/c1-24(2)23(29)21(26-15-7-4-8-16-26)20-18(30-24)11-9-17(22(20)28)10-12-19(27)25-13-5-3-6-14-25/h9-12,21,23,28-29H,3-8,13-16H2,1-2H3/b12-10+/t21-,23-/m1/s1. The number of carbonyl (C=O) groups excluding carboxylic acids is 1. The molecule has 3 aliphatic heterocycles. The SMILES string of the molecule is CC1(C)Oc2ccc(/C=C/C(=O)N3CCCCC3)c(O)c2[C@@H](N2CCCCC2)[C@H]1O. The molecule has 0 unspecified atom stereocenters. The fourth-order valence-corrected chi connectivity index (χ4v) is 4.96. The molecule has 1 amide bonds. The van der Waals surface area contributed by atoms with Gasteiger partial charge in [0.25, 0.3) is 0 Å². The lowest BCUT2D eigenvalue weighted by molar-refractivity contribution is -0.126. The number of piperidine rings is 2. The summed E-state index contributed by atoms with van der Waals surface area (Å²) in [6, 6.07) is 3.31. The number of likely N-dealkylation sites (tertiary alicyclic amines) is 2. The van der Waals surface area contributed by atoms with E-state index in [9.17, 15) is 15.0 Å². The maximum absolute atomic E-state index is 12.5. The number of fused-ring (bicyclic) bond motifs is 1. The predicted octanol–water partition coefficient (Wildman–Crippen LogP) is 3.48. The lowest BCUT2D eigenvalue weighted by atomic mass is 9.83. The lowest BCUT2D eigenvalue weighted by Gasteiger charge is -2.47. The van der Waals surface area contributed by atoms with Crippen molar-refractivity contribution in [3.05, 3.63) is 29.3 Å². The minimum Gasteiger partial charge on any atom is -0.507 e. The van der Waals surface area contributed by atoms with Gasteiger partial charge in [0.1, 0.15) is 23.2 Å². The molecule has 2 fully saturated rings. The van der Waals surface area contributed by atoms with Gasteiger partial charge in [0.15, 0.2) is 0 Å². The van der Waals surface area contributed by atoms with Gasteiger partial charge in [-0.2, -0.15) is 0 Å². The van der Waals surface area contributed by atoms with Crippen LogP contribution in [0.25, 0.3) is 6.08 Å². The van der Waals surface area contributed by atoms with E-state index < -0.39 is 11.7 Å². The van der Waals surface area contributed by atoms with Crippen LogP contribution in [0, 0.1) is 0 Å². The third-order valence-electron chi connectivity index (χ3n) is 6.75. The van der Waals surface area contributed by atoms with E-state index in [0.717, 1.165) is 51.9 Å². The molecular formula is C24H34N2O4. The number of ether oxygens (including phenoxy) is 1. The van der Waals surface area contributed by atoms with Gasteiger partial charge in [-0.3, -0.25) is 9.69 Å². The molecule has 6 heteroatoms. The zero-order valence-electron chi connectivity index (χ0n) is 18.1. The summed E-state index contributed by atoms with van der Waals surface area (Å²) in [5.74, 6) is 0.690. The number of carbonyl (C=O) groups is 1. The molecule has 6 nitrogen and oxygen atoms in total. The van der Waals surface area contributed by atoms with Gasteiger partial charge < -0.3 is 19.8 Å². The van der Waals surface area contributed by atoms with Crippen molar-refractivity contribution in [1.29, 1.82) is 0 Å². The Morgan fingerprint density at radius 3 is 2.37 bits per heavy atom. The molecule has 0 saturated carbocycles. The minimum absolute atomic E-state index is 0.0168. The molecule has 0 bridgehead atoms. The molecule has 1 aromatic rings. The molecule has 1 aromatic carbocycles. The summed E-state index contributed by atoms with van der Waals surface area (Å²) < 4.78 is 6.07. The first-order chi connectivity index (χ1) is 14.4. The summed E-state index contributed by atoms with van der Waals surface area (Å²) in [5, 5.41) is 22.3. The van der Waals surface area contributed by atoms with Crippen molar-refractivity contribution in [1.82, 2.24) is 9.80 Å². The van der Waals surface area contributed by atoms with E-state index in [1.165, 1.54) is 12.8 Å². The number of aromatic hydroxyl groups is 1. The van der Waals surface area contributed by atoms with Gasteiger partial charge in [0, 0.05) is 24.7 Å². The van der Waals surface area contributed by atoms with E-state index >= 15 is 0 Å².